The second-order valence-corrected chi connectivity index (χ2v) is 2.27. The average Bonchev–Trinajstić information content (AvgIpc) is 1.89. The van der Waals surface area contributed by atoms with Gasteiger partial charge in [-0.1, -0.05) is 19.8 Å². The zero-order valence-corrected chi connectivity index (χ0v) is 6.38. The third-order valence-electron chi connectivity index (χ3n) is 1.32. The number of unbranched alkanes of at least 4 members (excludes halogenated alkanes) is 2. The molecule has 1 unspecified atom stereocenters. The van der Waals surface area contributed by atoms with Gasteiger partial charge in [-0.2, -0.15) is 0 Å². The normalized spacial score (nSPS) is 12.6. The fourth-order valence-corrected chi connectivity index (χ4v) is 0.735. The molecule has 0 aliphatic carbocycles. The molecule has 3 heteroatoms. The minimum absolute atomic E-state index is 0.399. The van der Waals surface area contributed by atoms with Crippen LogP contribution in [0.3, 0.4) is 0 Å². The van der Waals surface area contributed by atoms with Gasteiger partial charge < -0.3 is 4.74 Å². The number of hydrogen-bond acceptors (Lipinski definition) is 3. The molecule has 0 heterocycles. The van der Waals surface area contributed by atoms with Crippen molar-refractivity contribution in [1.29, 1.82) is 0 Å². The lowest BCUT2D eigenvalue weighted by Gasteiger charge is -2.07. The highest BCUT2D eigenvalue weighted by molar-refractivity contribution is 5.37. The zero-order valence-electron chi connectivity index (χ0n) is 6.38. The summed E-state index contributed by atoms with van der Waals surface area (Å²) in [6.45, 7) is 2.52. The van der Waals surface area contributed by atoms with E-state index in [9.17, 15) is 4.79 Å². The lowest BCUT2D eigenvalue weighted by molar-refractivity contribution is -0.133. The van der Waals surface area contributed by atoms with Crippen molar-refractivity contribution in [2.75, 3.05) is 0 Å². The number of rotatable bonds is 6. The van der Waals surface area contributed by atoms with E-state index in [1.807, 2.05) is 0 Å². The molecule has 0 bridgehead atoms. The third kappa shape index (κ3) is 5.56. The van der Waals surface area contributed by atoms with Crippen LogP contribution in [0.5, 0.6) is 0 Å². The molecule has 0 radical (unpaired) electrons. The first-order chi connectivity index (χ1) is 4.81. The van der Waals surface area contributed by atoms with Crippen LogP contribution in [0.25, 0.3) is 0 Å². The largest absolute Gasteiger partial charge is 0.449 e. The molecule has 2 N–H and O–H groups in total. The SMILES string of the molecule is CCCCCC(N)OC=O. The number of ether oxygens (including phenoxy) is 1. The Morgan fingerprint density at radius 1 is 1.60 bits per heavy atom. The van der Waals surface area contributed by atoms with Crippen molar-refractivity contribution in [1.82, 2.24) is 0 Å². The Kier molecular flexibility index (Phi) is 6.18. The van der Waals surface area contributed by atoms with Gasteiger partial charge in [-0.3, -0.25) is 10.5 Å². The maximum absolute atomic E-state index is 9.75. The molecule has 0 aliphatic heterocycles. The molecule has 0 aromatic heterocycles. The average molecular weight is 145 g/mol. The fraction of sp³-hybridized carbons (Fsp3) is 0.857. The van der Waals surface area contributed by atoms with Crippen molar-refractivity contribution in [2.45, 2.75) is 38.8 Å². The van der Waals surface area contributed by atoms with E-state index in [4.69, 9.17) is 5.73 Å². The van der Waals surface area contributed by atoms with Gasteiger partial charge >= 0.3 is 0 Å². The second kappa shape index (κ2) is 6.55. The van der Waals surface area contributed by atoms with Crippen LogP contribution >= 0.6 is 0 Å². The second-order valence-electron chi connectivity index (χ2n) is 2.27. The molecule has 0 aromatic carbocycles. The van der Waals surface area contributed by atoms with Crippen LogP contribution in [-0.4, -0.2) is 12.7 Å². The zero-order chi connectivity index (χ0) is 7.82. The lowest BCUT2D eigenvalue weighted by atomic mass is 10.2. The van der Waals surface area contributed by atoms with Gasteiger partial charge in [0.1, 0.15) is 0 Å². The summed E-state index contributed by atoms with van der Waals surface area (Å²) in [7, 11) is 0. The van der Waals surface area contributed by atoms with Gasteiger partial charge in [0, 0.05) is 0 Å². The Balaban J connectivity index is 3.04. The first-order valence-electron chi connectivity index (χ1n) is 3.66. The maximum atomic E-state index is 9.75. The summed E-state index contributed by atoms with van der Waals surface area (Å²) >= 11 is 0. The van der Waals surface area contributed by atoms with Crippen LogP contribution in [0, 0.1) is 0 Å². The number of hydrogen-bond donors (Lipinski definition) is 1. The highest BCUT2D eigenvalue weighted by Gasteiger charge is 1.99. The molecule has 10 heavy (non-hydrogen) atoms. The van der Waals surface area contributed by atoms with Gasteiger partial charge in [0.2, 0.25) is 0 Å². The van der Waals surface area contributed by atoms with Gasteiger partial charge in [0.05, 0.1) is 0 Å². The van der Waals surface area contributed by atoms with E-state index < -0.39 is 6.23 Å². The molecule has 1 atom stereocenters. The highest BCUT2D eigenvalue weighted by atomic mass is 16.5. The molecule has 0 saturated heterocycles. The van der Waals surface area contributed by atoms with Crippen LogP contribution < -0.4 is 5.73 Å². The Morgan fingerprint density at radius 3 is 2.80 bits per heavy atom. The minimum atomic E-state index is -0.399. The predicted octanol–water partition coefficient (Wildman–Crippen LogP) is 1.02. The Morgan fingerprint density at radius 2 is 2.30 bits per heavy atom. The van der Waals surface area contributed by atoms with Gasteiger partial charge in [-0.25, -0.2) is 0 Å². The van der Waals surface area contributed by atoms with Gasteiger partial charge in [0.15, 0.2) is 6.23 Å². The van der Waals surface area contributed by atoms with E-state index >= 15 is 0 Å². The first kappa shape index (κ1) is 9.43. The molecule has 60 valence electrons. The van der Waals surface area contributed by atoms with Gasteiger partial charge in [-0.15, -0.1) is 0 Å². The summed E-state index contributed by atoms with van der Waals surface area (Å²) in [6, 6.07) is 0. The maximum Gasteiger partial charge on any atom is 0.294 e. The fourth-order valence-electron chi connectivity index (χ4n) is 0.735. The van der Waals surface area contributed by atoms with Crippen molar-refractivity contribution in [3.05, 3.63) is 0 Å². The van der Waals surface area contributed by atoms with Crippen LogP contribution in [-0.2, 0) is 9.53 Å². The number of carbonyl (C=O) groups excluding carboxylic acids is 1. The number of nitrogens with two attached hydrogens (primary N) is 1. The summed E-state index contributed by atoms with van der Waals surface area (Å²) in [6.07, 6.45) is 3.71. The summed E-state index contributed by atoms with van der Waals surface area (Å²) in [4.78, 5) is 9.75. The quantitative estimate of drug-likeness (QED) is 0.345. The van der Waals surface area contributed by atoms with Crippen molar-refractivity contribution in [2.24, 2.45) is 5.73 Å². The van der Waals surface area contributed by atoms with Crippen molar-refractivity contribution < 1.29 is 9.53 Å². The van der Waals surface area contributed by atoms with Crippen LogP contribution in [0.4, 0.5) is 0 Å². The van der Waals surface area contributed by atoms with Crippen LogP contribution in [0.1, 0.15) is 32.6 Å². The van der Waals surface area contributed by atoms with E-state index in [0.29, 0.717) is 6.47 Å². The van der Waals surface area contributed by atoms with E-state index in [2.05, 4.69) is 11.7 Å². The third-order valence-corrected chi connectivity index (χ3v) is 1.32. The summed E-state index contributed by atoms with van der Waals surface area (Å²) in [5, 5.41) is 0. The van der Waals surface area contributed by atoms with Crippen molar-refractivity contribution in [3.63, 3.8) is 0 Å². The Hall–Kier alpha value is -0.570. The van der Waals surface area contributed by atoms with Gasteiger partial charge in [-0.05, 0) is 12.8 Å². The predicted molar refractivity (Wildman–Crippen MR) is 39.3 cm³/mol. The summed E-state index contributed by atoms with van der Waals surface area (Å²) in [5.74, 6) is 0. The van der Waals surface area contributed by atoms with Crippen LogP contribution in [0.15, 0.2) is 0 Å². The minimum Gasteiger partial charge on any atom is -0.449 e. The summed E-state index contributed by atoms with van der Waals surface area (Å²) in [5.41, 5.74) is 5.37. The smallest absolute Gasteiger partial charge is 0.294 e. The lowest BCUT2D eigenvalue weighted by Crippen LogP contribution is -2.22. The number of carbonyl (C=O) groups is 1. The molecule has 0 rings (SSSR count). The monoisotopic (exact) mass is 145 g/mol. The topological polar surface area (TPSA) is 52.3 Å². The Bertz CT molecular complexity index is 85.7. The molecule has 0 spiro atoms. The van der Waals surface area contributed by atoms with Crippen molar-refractivity contribution >= 4 is 6.47 Å². The van der Waals surface area contributed by atoms with Crippen LogP contribution in [0.2, 0.25) is 0 Å². The van der Waals surface area contributed by atoms with E-state index in [-0.39, 0.29) is 0 Å². The molecule has 0 aromatic rings. The van der Waals surface area contributed by atoms with Crippen molar-refractivity contribution in [3.8, 4) is 0 Å². The van der Waals surface area contributed by atoms with Gasteiger partial charge in [0.25, 0.3) is 6.47 Å². The van der Waals surface area contributed by atoms with E-state index in [0.717, 1.165) is 25.7 Å². The summed E-state index contributed by atoms with van der Waals surface area (Å²) < 4.78 is 4.49. The van der Waals surface area contributed by atoms with E-state index in [1.54, 1.807) is 0 Å². The molecule has 0 saturated carbocycles. The highest BCUT2D eigenvalue weighted by Crippen LogP contribution is 2.01. The molecule has 0 fully saturated rings. The van der Waals surface area contributed by atoms with E-state index in [1.165, 1.54) is 0 Å². The molecule has 3 nitrogen and oxygen atoms in total. The Labute approximate surface area is 61.5 Å². The molecule has 0 amide bonds. The molecule has 0 aliphatic rings. The molecular formula is C7H15NO2. The standard InChI is InChI=1S/C7H15NO2/c1-2-3-4-5-7(8)10-6-9/h6-7H,2-5,8H2,1H3. The molecular weight excluding hydrogens is 130 g/mol. The first-order valence-corrected chi connectivity index (χ1v) is 3.66.